The van der Waals surface area contributed by atoms with Crippen molar-refractivity contribution in [2.24, 2.45) is 0 Å². The van der Waals surface area contributed by atoms with Crippen molar-refractivity contribution in [1.82, 2.24) is 0 Å². The number of rotatable bonds is 11. The zero-order valence-corrected chi connectivity index (χ0v) is 12.7. The molecule has 0 fully saturated rings. The van der Waals surface area contributed by atoms with Gasteiger partial charge in [0, 0.05) is 13.0 Å². The summed E-state index contributed by atoms with van der Waals surface area (Å²) >= 11 is 0. The van der Waals surface area contributed by atoms with Crippen LogP contribution in [-0.4, -0.2) is 23.5 Å². The molecule has 0 heterocycles. The molecule has 0 unspecified atom stereocenters. The summed E-state index contributed by atoms with van der Waals surface area (Å²) in [4.78, 5) is 20.7. The van der Waals surface area contributed by atoms with E-state index in [1.165, 1.54) is 0 Å². The van der Waals surface area contributed by atoms with E-state index in [-0.39, 0.29) is 42.6 Å². The van der Waals surface area contributed by atoms with Gasteiger partial charge in [-0.2, -0.15) is 0 Å². The molecule has 0 aromatic carbocycles. The van der Waals surface area contributed by atoms with Crippen molar-refractivity contribution in [3.63, 3.8) is 0 Å². The molecule has 0 atom stereocenters. The van der Waals surface area contributed by atoms with E-state index in [4.69, 9.17) is 5.11 Å². The molecule has 0 bridgehead atoms. The van der Waals surface area contributed by atoms with Gasteiger partial charge < -0.3 is 15.0 Å². The third-order valence-corrected chi connectivity index (χ3v) is 2.54. The molecule has 0 spiro atoms. The van der Waals surface area contributed by atoms with E-state index >= 15 is 0 Å². The molecule has 0 rings (SSSR count). The minimum atomic E-state index is -1.57. The minimum absolute atomic E-state index is 0. The number of hydrogen-bond acceptors (Lipinski definition) is 4. The van der Waals surface area contributed by atoms with Crippen LogP contribution in [0.15, 0.2) is 0 Å². The van der Waals surface area contributed by atoms with Crippen molar-refractivity contribution in [3.05, 3.63) is 0 Å². The molecule has 0 aliphatic rings. The molecular weight excluding hydrogens is 231 g/mol. The number of aliphatic hydroxyl groups excluding tert-OH is 1. The SMILES string of the molecule is O=C([O-])C(=O)CCCCCCCCCCO.[Na+]. The summed E-state index contributed by atoms with van der Waals surface area (Å²) < 4.78 is 0. The Bertz CT molecular complexity index is 207. The average Bonchev–Trinajstić information content (AvgIpc) is 2.26. The van der Waals surface area contributed by atoms with Crippen LogP contribution < -0.4 is 34.7 Å². The number of unbranched alkanes of at least 4 members (excludes halogenated alkanes) is 7. The Kier molecular flexibility index (Phi) is 16.2. The van der Waals surface area contributed by atoms with Gasteiger partial charge in [0.05, 0.1) is 0 Å². The van der Waals surface area contributed by atoms with Crippen LogP contribution in [0.3, 0.4) is 0 Å². The number of carbonyl (C=O) groups excluding carboxylic acids is 2. The molecule has 0 aliphatic carbocycles. The van der Waals surface area contributed by atoms with Crippen molar-refractivity contribution in [1.29, 1.82) is 0 Å². The average molecular weight is 252 g/mol. The molecule has 0 saturated carbocycles. The maximum atomic E-state index is 10.7. The molecule has 1 N–H and O–H groups in total. The molecule has 17 heavy (non-hydrogen) atoms. The van der Waals surface area contributed by atoms with Crippen LogP contribution in [0.1, 0.15) is 57.8 Å². The van der Waals surface area contributed by atoms with Gasteiger partial charge in [-0.1, -0.05) is 38.5 Å². The Morgan fingerprint density at radius 1 is 0.824 bits per heavy atom. The molecule has 5 heteroatoms. The van der Waals surface area contributed by atoms with Crippen molar-refractivity contribution < 1.29 is 49.4 Å². The van der Waals surface area contributed by atoms with E-state index in [2.05, 4.69) is 0 Å². The van der Waals surface area contributed by atoms with E-state index in [1.54, 1.807) is 0 Å². The van der Waals surface area contributed by atoms with Gasteiger partial charge in [0.1, 0.15) is 5.97 Å². The predicted molar refractivity (Wildman–Crippen MR) is 58.7 cm³/mol. The zero-order valence-electron chi connectivity index (χ0n) is 10.7. The molecule has 94 valence electrons. The third-order valence-electron chi connectivity index (χ3n) is 2.54. The van der Waals surface area contributed by atoms with Crippen LogP contribution in [0.2, 0.25) is 0 Å². The maximum Gasteiger partial charge on any atom is 1.00 e. The van der Waals surface area contributed by atoms with Crippen LogP contribution in [0.4, 0.5) is 0 Å². The zero-order chi connectivity index (χ0) is 12.2. The monoisotopic (exact) mass is 252 g/mol. The topological polar surface area (TPSA) is 77.4 Å². The number of aliphatic carboxylic acids is 1. The van der Waals surface area contributed by atoms with Gasteiger partial charge in [-0.15, -0.1) is 0 Å². The van der Waals surface area contributed by atoms with Gasteiger partial charge in [-0.05, 0) is 12.8 Å². The molecule has 0 aliphatic heterocycles. The number of carbonyl (C=O) groups is 2. The Morgan fingerprint density at radius 2 is 1.24 bits per heavy atom. The maximum absolute atomic E-state index is 10.7. The fourth-order valence-corrected chi connectivity index (χ4v) is 1.56. The van der Waals surface area contributed by atoms with E-state index in [0.29, 0.717) is 6.42 Å². The Hall–Kier alpha value is 0.1000. The molecular formula is C12H21NaO4. The van der Waals surface area contributed by atoms with Crippen molar-refractivity contribution in [2.45, 2.75) is 57.8 Å². The standard InChI is InChI=1S/C12H22O4.Na/c13-10-8-6-4-2-1-3-5-7-9-11(14)12(15)16;/h13H,1-10H2,(H,15,16);/q;+1/p-1. The van der Waals surface area contributed by atoms with E-state index in [0.717, 1.165) is 44.9 Å². The number of Topliss-reactive ketones (excluding diaryl/α,β-unsaturated/α-hetero) is 1. The second-order valence-electron chi connectivity index (χ2n) is 4.01. The number of carboxylic acids is 1. The van der Waals surface area contributed by atoms with E-state index in [9.17, 15) is 14.7 Å². The summed E-state index contributed by atoms with van der Waals surface area (Å²) in [6.07, 6.45) is 8.03. The fraction of sp³-hybridized carbons (Fsp3) is 0.833. The van der Waals surface area contributed by atoms with Crippen LogP contribution in [0.5, 0.6) is 0 Å². The van der Waals surface area contributed by atoms with Crippen LogP contribution in [0.25, 0.3) is 0 Å². The molecule has 0 amide bonds. The number of carboxylic acid groups (broad SMARTS) is 1. The van der Waals surface area contributed by atoms with Crippen molar-refractivity contribution in [3.8, 4) is 0 Å². The largest absolute Gasteiger partial charge is 1.00 e. The molecule has 0 saturated heterocycles. The first-order chi connectivity index (χ1) is 7.68. The smallest absolute Gasteiger partial charge is 0.542 e. The van der Waals surface area contributed by atoms with Crippen LogP contribution in [-0.2, 0) is 9.59 Å². The van der Waals surface area contributed by atoms with Gasteiger partial charge in [-0.25, -0.2) is 0 Å². The first kappa shape index (κ1) is 19.4. The van der Waals surface area contributed by atoms with E-state index in [1.807, 2.05) is 0 Å². The van der Waals surface area contributed by atoms with Gasteiger partial charge >= 0.3 is 29.6 Å². The Labute approximate surface area is 125 Å². The summed E-state index contributed by atoms with van der Waals surface area (Å²) in [6.45, 7) is 0.269. The van der Waals surface area contributed by atoms with Crippen LogP contribution >= 0.6 is 0 Å². The summed E-state index contributed by atoms with van der Waals surface area (Å²) in [5.74, 6) is -2.35. The summed E-state index contributed by atoms with van der Waals surface area (Å²) in [7, 11) is 0. The first-order valence-electron chi connectivity index (χ1n) is 6.03. The van der Waals surface area contributed by atoms with Gasteiger partial charge in [0.15, 0.2) is 5.78 Å². The predicted octanol–water partition coefficient (Wildman–Crippen LogP) is -2.19. The molecule has 0 aromatic heterocycles. The second kappa shape index (κ2) is 14.2. The number of ketones is 1. The molecule has 0 radical (unpaired) electrons. The van der Waals surface area contributed by atoms with Gasteiger partial charge in [-0.3, -0.25) is 4.79 Å². The van der Waals surface area contributed by atoms with Gasteiger partial charge in [0.25, 0.3) is 0 Å². The van der Waals surface area contributed by atoms with E-state index < -0.39 is 11.8 Å². The minimum Gasteiger partial charge on any atom is -0.542 e. The third kappa shape index (κ3) is 14.0. The van der Waals surface area contributed by atoms with Crippen LogP contribution in [0, 0.1) is 0 Å². The normalized spacial score (nSPS) is 9.71. The second-order valence-corrected chi connectivity index (χ2v) is 4.01. The summed E-state index contributed by atoms with van der Waals surface area (Å²) in [5, 5.41) is 18.6. The fourth-order valence-electron chi connectivity index (χ4n) is 1.56. The molecule has 0 aromatic rings. The van der Waals surface area contributed by atoms with Crippen molar-refractivity contribution >= 4 is 11.8 Å². The van der Waals surface area contributed by atoms with Crippen molar-refractivity contribution in [2.75, 3.05) is 6.61 Å². The summed E-state index contributed by atoms with van der Waals surface area (Å²) in [5.41, 5.74) is 0. The molecule has 4 nitrogen and oxygen atoms in total. The quantitative estimate of drug-likeness (QED) is 0.257. The number of hydrogen-bond donors (Lipinski definition) is 1. The first-order valence-corrected chi connectivity index (χ1v) is 6.03. The Balaban J connectivity index is 0. The summed E-state index contributed by atoms with van der Waals surface area (Å²) in [6, 6.07) is 0. The number of aliphatic hydroxyl groups is 1. The van der Waals surface area contributed by atoms with Gasteiger partial charge in [0.2, 0.25) is 0 Å². The Morgan fingerprint density at radius 3 is 1.65 bits per heavy atom.